The molecule has 1 aromatic heterocycles. The number of thioether (sulfide) groups is 1. The summed E-state index contributed by atoms with van der Waals surface area (Å²) < 4.78 is 0. The van der Waals surface area contributed by atoms with Crippen molar-refractivity contribution in [2.45, 2.75) is 6.92 Å². The number of amidine groups is 1. The first-order valence-electron chi connectivity index (χ1n) is 7.53. The van der Waals surface area contributed by atoms with E-state index in [9.17, 15) is 4.79 Å². The number of carbonyl (C=O) groups is 1. The maximum Gasteiger partial charge on any atom is 0.266 e. The van der Waals surface area contributed by atoms with Crippen LogP contribution in [0.3, 0.4) is 0 Å². The Bertz CT molecular complexity index is 826. The van der Waals surface area contributed by atoms with Gasteiger partial charge in [-0.25, -0.2) is 4.99 Å². The smallest absolute Gasteiger partial charge is 0.266 e. The van der Waals surface area contributed by atoms with Crippen LogP contribution >= 0.6 is 11.8 Å². The molecule has 3 rings (SSSR count). The number of amides is 1. The third kappa shape index (κ3) is 3.81. The first kappa shape index (κ1) is 16.2. The van der Waals surface area contributed by atoms with Gasteiger partial charge in [0.25, 0.3) is 5.91 Å². The molecule has 2 heterocycles. The van der Waals surface area contributed by atoms with E-state index in [4.69, 9.17) is 0 Å². The van der Waals surface area contributed by atoms with Gasteiger partial charge in [-0.05, 0) is 48.0 Å². The predicted molar refractivity (Wildman–Crippen MR) is 99.9 cm³/mol. The van der Waals surface area contributed by atoms with Gasteiger partial charge in [0.2, 0.25) is 0 Å². The molecular weight excluding hydrogens is 318 g/mol. The fraction of sp³-hybridized carbons (Fsp3) is 0.105. The lowest BCUT2D eigenvalue weighted by Gasteiger charge is -2.06. The van der Waals surface area contributed by atoms with Crippen molar-refractivity contribution < 1.29 is 4.79 Å². The van der Waals surface area contributed by atoms with E-state index in [0.29, 0.717) is 10.1 Å². The zero-order valence-corrected chi connectivity index (χ0v) is 14.3. The van der Waals surface area contributed by atoms with Crippen LogP contribution in [0.15, 0.2) is 76.4 Å². The van der Waals surface area contributed by atoms with Gasteiger partial charge in [-0.1, -0.05) is 36.4 Å². The summed E-state index contributed by atoms with van der Waals surface area (Å²) in [6.07, 6.45) is 7.33. The minimum absolute atomic E-state index is 0.0385. The Kier molecular flexibility index (Phi) is 4.91. The highest BCUT2D eigenvalue weighted by atomic mass is 32.2. The first-order valence-corrected chi connectivity index (χ1v) is 8.35. The van der Waals surface area contributed by atoms with E-state index < -0.39 is 0 Å². The molecular formula is C19H17N3OS. The molecule has 4 nitrogen and oxygen atoms in total. The van der Waals surface area contributed by atoms with Gasteiger partial charge in [-0.2, -0.15) is 0 Å². The van der Waals surface area contributed by atoms with Crippen molar-refractivity contribution in [3.05, 3.63) is 77.0 Å². The SMILES string of the molecule is CC(/C=C1\SC(=Nc2cccnc2)N(C)C1=O)=C\c1ccccc1. The average Bonchev–Trinajstić information content (AvgIpc) is 2.85. The number of pyridine rings is 1. The standard InChI is InChI=1S/C19H17N3OS/c1-14(11-15-7-4-3-5-8-15)12-17-18(23)22(2)19(24-17)21-16-9-6-10-20-13-16/h3-13H,1-2H3/b14-11+,17-12-,21-19?. The highest BCUT2D eigenvalue weighted by Gasteiger charge is 2.30. The van der Waals surface area contributed by atoms with Crippen LogP contribution < -0.4 is 0 Å². The molecule has 1 fully saturated rings. The number of likely N-dealkylation sites (N-methyl/N-ethyl adjacent to an activating group) is 1. The Hall–Kier alpha value is -2.66. The fourth-order valence-corrected chi connectivity index (χ4v) is 3.28. The maximum atomic E-state index is 12.4. The topological polar surface area (TPSA) is 45.6 Å². The van der Waals surface area contributed by atoms with Crippen molar-refractivity contribution in [3.8, 4) is 0 Å². The van der Waals surface area contributed by atoms with E-state index in [-0.39, 0.29) is 5.91 Å². The van der Waals surface area contributed by atoms with E-state index in [1.165, 1.54) is 11.8 Å². The van der Waals surface area contributed by atoms with E-state index in [0.717, 1.165) is 16.8 Å². The molecule has 1 aliphatic heterocycles. The number of hydrogen-bond acceptors (Lipinski definition) is 4. The van der Waals surface area contributed by atoms with Crippen LogP contribution in [0, 0.1) is 0 Å². The molecule has 0 spiro atoms. The highest BCUT2D eigenvalue weighted by molar-refractivity contribution is 8.18. The fourth-order valence-electron chi connectivity index (χ4n) is 2.24. The molecule has 0 aliphatic carbocycles. The van der Waals surface area contributed by atoms with Gasteiger partial charge in [0.1, 0.15) is 0 Å². The number of benzene rings is 1. The van der Waals surface area contributed by atoms with Crippen LogP contribution in [0.5, 0.6) is 0 Å². The van der Waals surface area contributed by atoms with E-state index in [1.807, 2.05) is 55.5 Å². The molecule has 0 atom stereocenters. The van der Waals surface area contributed by atoms with Crippen molar-refractivity contribution in [3.63, 3.8) is 0 Å². The van der Waals surface area contributed by atoms with Crippen LogP contribution in [0.2, 0.25) is 0 Å². The van der Waals surface area contributed by atoms with Gasteiger partial charge in [-0.3, -0.25) is 14.7 Å². The minimum Gasteiger partial charge on any atom is -0.290 e. The van der Waals surface area contributed by atoms with E-state index in [1.54, 1.807) is 24.3 Å². The molecule has 1 aromatic carbocycles. The Morgan fingerprint density at radius 2 is 2.00 bits per heavy atom. The first-order chi connectivity index (χ1) is 11.6. The average molecular weight is 335 g/mol. The van der Waals surface area contributed by atoms with Gasteiger partial charge in [0.15, 0.2) is 5.17 Å². The van der Waals surface area contributed by atoms with Crippen LogP contribution in [0.4, 0.5) is 5.69 Å². The number of allylic oxidation sites excluding steroid dienone is 2. The molecule has 0 N–H and O–H groups in total. The molecule has 1 amide bonds. The lowest BCUT2D eigenvalue weighted by atomic mass is 10.1. The second kappa shape index (κ2) is 7.27. The number of rotatable bonds is 3. The second-order valence-electron chi connectivity index (χ2n) is 5.38. The summed E-state index contributed by atoms with van der Waals surface area (Å²) in [7, 11) is 1.74. The van der Waals surface area contributed by atoms with Crippen LogP contribution in [-0.4, -0.2) is 28.0 Å². The van der Waals surface area contributed by atoms with Gasteiger partial charge in [0, 0.05) is 13.2 Å². The summed E-state index contributed by atoms with van der Waals surface area (Å²) in [5, 5.41) is 0.659. The summed E-state index contributed by atoms with van der Waals surface area (Å²) in [6.45, 7) is 1.99. The molecule has 2 aromatic rings. The Morgan fingerprint density at radius 3 is 2.71 bits per heavy atom. The van der Waals surface area contributed by atoms with Crippen LogP contribution in [0.25, 0.3) is 6.08 Å². The van der Waals surface area contributed by atoms with Crippen LogP contribution in [0.1, 0.15) is 12.5 Å². The van der Waals surface area contributed by atoms with Gasteiger partial charge < -0.3 is 0 Å². The number of carbonyl (C=O) groups excluding carboxylic acids is 1. The normalized spacial score (nSPS) is 18.7. The Labute approximate surface area is 145 Å². The minimum atomic E-state index is -0.0385. The van der Waals surface area contributed by atoms with Crippen molar-refractivity contribution in [1.82, 2.24) is 9.88 Å². The monoisotopic (exact) mass is 335 g/mol. The lowest BCUT2D eigenvalue weighted by Crippen LogP contribution is -2.23. The zero-order chi connectivity index (χ0) is 16.9. The summed E-state index contributed by atoms with van der Waals surface area (Å²) in [4.78, 5) is 23.2. The predicted octanol–water partition coefficient (Wildman–Crippen LogP) is 4.26. The van der Waals surface area contributed by atoms with Gasteiger partial charge >= 0.3 is 0 Å². The molecule has 0 radical (unpaired) electrons. The molecule has 120 valence electrons. The van der Waals surface area contributed by atoms with Crippen LogP contribution in [-0.2, 0) is 4.79 Å². The van der Waals surface area contributed by atoms with Gasteiger partial charge in [-0.15, -0.1) is 0 Å². The van der Waals surface area contributed by atoms with Crippen molar-refractivity contribution in [2.75, 3.05) is 7.05 Å². The van der Waals surface area contributed by atoms with Crippen molar-refractivity contribution >= 4 is 34.6 Å². The Balaban J connectivity index is 1.83. The number of nitrogens with zero attached hydrogens (tertiary/aromatic N) is 3. The summed E-state index contributed by atoms with van der Waals surface area (Å²) >= 11 is 1.38. The largest absolute Gasteiger partial charge is 0.290 e. The second-order valence-corrected chi connectivity index (χ2v) is 6.39. The third-order valence-corrected chi connectivity index (χ3v) is 4.49. The van der Waals surface area contributed by atoms with Crippen molar-refractivity contribution in [2.24, 2.45) is 4.99 Å². The number of aromatic nitrogens is 1. The summed E-state index contributed by atoms with van der Waals surface area (Å²) in [6, 6.07) is 13.7. The van der Waals surface area contributed by atoms with E-state index >= 15 is 0 Å². The molecule has 1 saturated heterocycles. The number of hydrogen-bond donors (Lipinski definition) is 0. The summed E-state index contributed by atoms with van der Waals surface area (Å²) in [5.74, 6) is -0.0385. The van der Waals surface area contributed by atoms with Gasteiger partial charge in [0.05, 0.1) is 16.8 Å². The number of aliphatic imine (C=N–C) groups is 1. The third-order valence-electron chi connectivity index (χ3n) is 3.43. The van der Waals surface area contributed by atoms with E-state index in [2.05, 4.69) is 16.1 Å². The Morgan fingerprint density at radius 1 is 1.21 bits per heavy atom. The molecule has 5 heteroatoms. The van der Waals surface area contributed by atoms with Crippen molar-refractivity contribution in [1.29, 1.82) is 0 Å². The lowest BCUT2D eigenvalue weighted by molar-refractivity contribution is -0.121. The molecule has 24 heavy (non-hydrogen) atoms. The molecule has 0 bridgehead atoms. The highest BCUT2D eigenvalue weighted by Crippen LogP contribution is 2.32. The zero-order valence-electron chi connectivity index (χ0n) is 13.5. The quantitative estimate of drug-likeness (QED) is 0.787. The summed E-state index contributed by atoms with van der Waals surface area (Å²) in [5.41, 5.74) is 2.87. The molecule has 0 saturated carbocycles. The molecule has 1 aliphatic rings. The maximum absolute atomic E-state index is 12.4. The molecule has 0 unspecified atom stereocenters.